The molecule has 0 aliphatic rings. The molecule has 2 nitrogen and oxygen atoms in total. The number of Topliss-reactive ketones (excluding diaryl/α,β-unsaturated/α-hetero) is 1. The minimum absolute atomic E-state index is 0.134. The van der Waals surface area contributed by atoms with Crippen LogP contribution in [0.2, 0.25) is 0 Å². The van der Waals surface area contributed by atoms with Crippen LogP contribution in [-0.2, 0) is 4.79 Å². The van der Waals surface area contributed by atoms with Crippen molar-refractivity contribution in [2.45, 2.75) is 32.8 Å². The Morgan fingerprint density at radius 2 is 2.27 bits per heavy atom. The van der Waals surface area contributed by atoms with Gasteiger partial charge in [-0.25, -0.2) is 0 Å². The van der Waals surface area contributed by atoms with E-state index in [4.69, 9.17) is 0 Å². The predicted octanol–water partition coefficient (Wildman–Crippen LogP) is 1.54. The van der Waals surface area contributed by atoms with Gasteiger partial charge in [-0.2, -0.15) is 0 Å². The molecule has 2 atom stereocenters. The molecule has 0 aromatic heterocycles. The van der Waals surface area contributed by atoms with Crippen LogP contribution in [0.1, 0.15) is 27.2 Å². The Morgan fingerprint density at radius 3 is 2.55 bits per heavy atom. The first-order valence-corrected chi connectivity index (χ1v) is 3.85. The largest absolute Gasteiger partial charge is 0.382 e. The molecule has 0 fully saturated rings. The van der Waals surface area contributed by atoms with Gasteiger partial charge in [-0.15, -0.1) is 6.58 Å². The third-order valence-electron chi connectivity index (χ3n) is 2.13. The molecular formula is C9H16O2. The number of carbonyl (C=O) groups is 1. The topological polar surface area (TPSA) is 37.3 Å². The molecule has 0 spiro atoms. The Kier molecular flexibility index (Phi) is 3.46. The molecule has 0 aromatic carbocycles. The highest BCUT2D eigenvalue weighted by Crippen LogP contribution is 2.19. The first-order valence-electron chi connectivity index (χ1n) is 3.85. The Morgan fingerprint density at radius 1 is 1.82 bits per heavy atom. The molecule has 0 saturated heterocycles. The zero-order valence-electron chi connectivity index (χ0n) is 7.42. The second-order valence-corrected chi connectivity index (χ2v) is 2.95. The first-order chi connectivity index (χ1) is 4.96. The Labute approximate surface area is 67.9 Å². The summed E-state index contributed by atoms with van der Waals surface area (Å²) in [6, 6.07) is 0. The molecule has 0 amide bonds. The fourth-order valence-corrected chi connectivity index (χ4v) is 0.841. The van der Waals surface area contributed by atoms with E-state index in [1.807, 2.05) is 0 Å². The monoisotopic (exact) mass is 156 g/mol. The smallest absolute Gasteiger partial charge is 0.164 e. The number of rotatable bonds is 4. The van der Waals surface area contributed by atoms with Gasteiger partial charge < -0.3 is 5.11 Å². The zero-order chi connectivity index (χ0) is 9.07. The predicted molar refractivity (Wildman–Crippen MR) is 45.3 cm³/mol. The van der Waals surface area contributed by atoms with Crippen molar-refractivity contribution in [3.05, 3.63) is 12.7 Å². The van der Waals surface area contributed by atoms with Crippen LogP contribution in [0.15, 0.2) is 12.7 Å². The highest BCUT2D eigenvalue weighted by molar-refractivity contribution is 5.86. The van der Waals surface area contributed by atoms with Crippen LogP contribution in [-0.4, -0.2) is 16.5 Å². The fraction of sp³-hybridized carbons (Fsp3) is 0.667. The summed E-state index contributed by atoms with van der Waals surface area (Å²) in [4.78, 5) is 11.1. The lowest BCUT2D eigenvalue weighted by molar-refractivity contribution is -0.138. The van der Waals surface area contributed by atoms with Crippen LogP contribution < -0.4 is 0 Å². The molecule has 0 heterocycles. The van der Waals surface area contributed by atoms with Gasteiger partial charge in [0.1, 0.15) is 5.60 Å². The first kappa shape index (κ1) is 10.4. The summed E-state index contributed by atoms with van der Waals surface area (Å²) in [6.45, 7) is 8.59. The molecule has 0 aliphatic carbocycles. The molecule has 0 aromatic rings. The third kappa shape index (κ3) is 2.15. The minimum Gasteiger partial charge on any atom is -0.382 e. The Balaban J connectivity index is 4.43. The van der Waals surface area contributed by atoms with Crippen molar-refractivity contribution in [1.82, 2.24) is 0 Å². The van der Waals surface area contributed by atoms with Gasteiger partial charge in [0, 0.05) is 12.3 Å². The van der Waals surface area contributed by atoms with Gasteiger partial charge >= 0.3 is 0 Å². The second kappa shape index (κ2) is 3.67. The Hall–Kier alpha value is -0.630. The van der Waals surface area contributed by atoms with Crippen LogP contribution in [0.5, 0.6) is 0 Å². The van der Waals surface area contributed by atoms with Crippen LogP contribution in [0, 0.1) is 5.92 Å². The van der Waals surface area contributed by atoms with Crippen molar-refractivity contribution in [3.8, 4) is 0 Å². The molecule has 0 aliphatic heterocycles. The van der Waals surface area contributed by atoms with E-state index in [9.17, 15) is 9.90 Å². The van der Waals surface area contributed by atoms with E-state index in [0.29, 0.717) is 6.42 Å². The van der Waals surface area contributed by atoms with Crippen LogP contribution >= 0.6 is 0 Å². The molecule has 0 saturated carbocycles. The molecule has 1 N–H and O–H groups in total. The van der Waals surface area contributed by atoms with Gasteiger partial charge in [0.2, 0.25) is 0 Å². The third-order valence-corrected chi connectivity index (χ3v) is 2.13. The SMILES string of the molecule is C=CC(C)C(C)(O)C(=O)CC. The Bertz CT molecular complexity index is 159. The molecule has 2 unspecified atom stereocenters. The number of aliphatic hydroxyl groups is 1. The minimum atomic E-state index is -1.24. The number of ketones is 1. The molecule has 0 bridgehead atoms. The molecule has 11 heavy (non-hydrogen) atoms. The zero-order valence-corrected chi connectivity index (χ0v) is 7.42. The van der Waals surface area contributed by atoms with Crippen molar-refractivity contribution in [2.24, 2.45) is 5.92 Å². The summed E-state index contributed by atoms with van der Waals surface area (Å²) in [7, 11) is 0. The summed E-state index contributed by atoms with van der Waals surface area (Å²) >= 11 is 0. The van der Waals surface area contributed by atoms with E-state index in [-0.39, 0.29) is 11.7 Å². The molecule has 2 heteroatoms. The fourth-order valence-electron chi connectivity index (χ4n) is 0.841. The van der Waals surface area contributed by atoms with E-state index >= 15 is 0 Å². The highest BCUT2D eigenvalue weighted by Gasteiger charge is 2.32. The lowest BCUT2D eigenvalue weighted by Crippen LogP contribution is -2.40. The van der Waals surface area contributed by atoms with Crippen LogP contribution in [0.4, 0.5) is 0 Å². The number of carbonyl (C=O) groups excluding carboxylic acids is 1. The van der Waals surface area contributed by atoms with Crippen molar-refractivity contribution in [1.29, 1.82) is 0 Å². The summed E-state index contributed by atoms with van der Waals surface area (Å²) in [6.07, 6.45) is 1.96. The number of hydrogen-bond donors (Lipinski definition) is 1. The van der Waals surface area contributed by atoms with Gasteiger partial charge in [-0.05, 0) is 6.92 Å². The molecule has 0 rings (SSSR count). The average molecular weight is 156 g/mol. The number of hydrogen-bond acceptors (Lipinski definition) is 2. The van der Waals surface area contributed by atoms with E-state index in [1.165, 1.54) is 6.92 Å². The van der Waals surface area contributed by atoms with E-state index in [0.717, 1.165) is 0 Å². The summed E-state index contributed by atoms with van der Waals surface area (Å²) in [5.74, 6) is -0.320. The maximum Gasteiger partial charge on any atom is 0.164 e. The molecule has 64 valence electrons. The van der Waals surface area contributed by atoms with Crippen molar-refractivity contribution in [3.63, 3.8) is 0 Å². The van der Waals surface area contributed by atoms with Crippen molar-refractivity contribution < 1.29 is 9.90 Å². The van der Waals surface area contributed by atoms with E-state index in [1.54, 1.807) is 19.9 Å². The maximum atomic E-state index is 11.1. The lowest BCUT2D eigenvalue weighted by Gasteiger charge is -2.25. The van der Waals surface area contributed by atoms with Gasteiger partial charge in [0.25, 0.3) is 0 Å². The lowest BCUT2D eigenvalue weighted by atomic mass is 9.86. The second-order valence-electron chi connectivity index (χ2n) is 2.95. The van der Waals surface area contributed by atoms with E-state index in [2.05, 4.69) is 6.58 Å². The van der Waals surface area contributed by atoms with Crippen LogP contribution in [0.25, 0.3) is 0 Å². The highest BCUT2D eigenvalue weighted by atomic mass is 16.3. The van der Waals surface area contributed by atoms with E-state index < -0.39 is 5.60 Å². The molecular weight excluding hydrogens is 140 g/mol. The van der Waals surface area contributed by atoms with Gasteiger partial charge in [-0.3, -0.25) is 4.79 Å². The standard InChI is InChI=1S/C9H16O2/c1-5-7(3)9(4,11)8(10)6-2/h5,7,11H,1,6H2,2-4H3. The van der Waals surface area contributed by atoms with Crippen LogP contribution in [0.3, 0.4) is 0 Å². The summed E-state index contributed by atoms with van der Waals surface area (Å²) < 4.78 is 0. The van der Waals surface area contributed by atoms with Crippen molar-refractivity contribution >= 4 is 5.78 Å². The summed E-state index contributed by atoms with van der Waals surface area (Å²) in [5, 5.41) is 9.63. The van der Waals surface area contributed by atoms with Gasteiger partial charge in [-0.1, -0.05) is 19.9 Å². The normalized spacial score (nSPS) is 18.5. The molecule has 0 radical (unpaired) electrons. The average Bonchev–Trinajstić information content (AvgIpc) is 2.01. The van der Waals surface area contributed by atoms with Gasteiger partial charge in [0.05, 0.1) is 0 Å². The van der Waals surface area contributed by atoms with Crippen molar-refractivity contribution in [2.75, 3.05) is 0 Å². The quantitative estimate of drug-likeness (QED) is 0.627. The maximum absolute atomic E-state index is 11.1. The van der Waals surface area contributed by atoms with Gasteiger partial charge in [0.15, 0.2) is 5.78 Å². The summed E-state index contributed by atoms with van der Waals surface area (Å²) in [5.41, 5.74) is -1.24.